The van der Waals surface area contributed by atoms with E-state index in [2.05, 4.69) is 5.10 Å². The predicted octanol–water partition coefficient (Wildman–Crippen LogP) is 0.483. The van der Waals surface area contributed by atoms with Crippen LogP contribution in [0.25, 0.3) is 0 Å². The first kappa shape index (κ1) is 15.7. The molecule has 0 spiro atoms. The fraction of sp³-hybridized carbons (Fsp3) is 0.273. The summed E-state index contributed by atoms with van der Waals surface area (Å²) in [6, 6.07) is 1.54. The third-order valence-corrected chi connectivity index (χ3v) is 2.71. The van der Waals surface area contributed by atoms with E-state index in [0.717, 1.165) is 0 Å². The molecule has 0 unspecified atom stereocenters. The van der Waals surface area contributed by atoms with Crippen molar-refractivity contribution in [2.45, 2.75) is 0 Å². The zero-order valence-corrected chi connectivity index (χ0v) is 12.0. The molecule has 0 atom stereocenters. The molecule has 0 radical (unpaired) electrons. The van der Waals surface area contributed by atoms with Crippen LogP contribution in [0.3, 0.4) is 0 Å². The number of methoxy groups -OCH3 is 3. The molecule has 0 saturated heterocycles. The van der Waals surface area contributed by atoms with Crippen LogP contribution in [0.2, 0.25) is 5.02 Å². The summed E-state index contributed by atoms with van der Waals surface area (Å²) in [5.41, 5.74) is 10.6. The Hall–Kier alpha value is -2.35. The highest BCUT2D eigenvalue weighted by atomic mass is 35.5. The Balaban J connectivity index is 3.39. The summed E-state index contributed by atoms with van der Waals surface area (Å²) in [6.45, 7) is 0. The molecule has 4 N–H and O–H groups in total. The average molecular weight is 303 g/mol. The van der Waals surface area contributed by atoms with Crippen molar-refractivity contribution in [1.82, 2.24) is 0 Å². The molecule has 20 heavy (non-hydrogen) atoms. The average Bonchev–Trinajstić information content (AvgIpc) is 2.44. The molecule has 110 valence electrons. The lowest BCUT2D eigenvalue weighted by Crippen LogP contribution is -2.30. The largest absolute Gasteiger partial charge is 0.722 e. The van der Waals surface area contributed by atoms with E-state index in [4.69, 9.17) is 37.3 Å². The van der Waals surface area contributed by atoms with Crippen molar-refractivity contribution in [2.75, 3.05) is 21.3 Å². The maximum absolute atomic E-state index is 11.2. The van der Waals surface area contributed by atoms with Gasteiger partial charge in [-0.1, -0.05) is 11.6 Å². The first-order valence-electron chi connectivity index (χ1n) is 5.33. The topological polar surface area (TPSA) is 118 Å². The summed E-state index contributed by atoms with van der Waals surface area (Å²) < 4.78 is 15.5. The maximum atomic E-state index is 11.2. The van der Waals surface area contributed by atoms with Crippen molar-refractivity contribution in [3.05, 3.63) is 21.9 Å². The molecule has 0 aliphatic heterocycles. The van der Waals surface area contributed by atoms with E-state index in [0.29, 0.717) is 17.1 Å². The first-order valence-corrected chi connectivity index (χ1v) is 5.71. The summed E-state index contributed by atoms with van der Waals surface area (Å²) in [6.07, 6.45) is 1.18. The summed E-state index contributed by atoms with van der Waals surface area (Å²) in [5.74, 6) is 0.473. The van der Waals surface area contributed by atoms with Crippen LogP contribution in [0.5, 0.6) is 17.2 Å². The Labute approximate surface area is 120 Å². The van der Waals surface area contributed by atoms with E-state index in [1.165, 1.54) is 33.6 Å². The number of ether oxygens (including phenoxy) is 3. The zero-order chi connectivity index (χ0) is 15.3. The number of guanidine groups is 1. The summed E-state index contributed by atoms with van der Waals surface area (Å²) in [4.78, 5) is 0.0551. The predicted molar refractivity (Wildman–Crippen MR) is 75.7 cm³/mol. The van der Waals surface area contributed by atoms with E-state index in [1.54, 1.807) is 0 Å². The fourth-order valence-corrected chi connectivity index (χ4v) is 1.68. The van der Waals surface area contributed by atoms with Gasteiger partial charge in [-0.25, -0.2) is 0 Å². The number of benzene rings is 1. The maximum Gasteiger partial charge on any atom is 0.366 e. The van der Waals surface area contributed by atoms with Crippen LogP contribution in [0, 0.1) is 5.21 Å². The van der Waals surface area contributed by atoms with E-state index in [1.807, 2.05) is 0 Å². The van der Waals surface area contributed by atoms with Gasteiger partial charge in [0.15, 0.2) is 11.5 Å². The number of rotatable bonds is 5. The van der Waals surface area contributed by atoms with Crippen LogP contribution in [0.1, 0.15) is 5.56 Å². The lowest BCUT2D eigenvalue weighted by atomic mass is 10.2. The number of nitrogens with zero attached hydrogens (tertiary/aromatic N) is 2. The molecule has 0 aliphatic carbocycles. The third-order valence-electron chi connectivity index (χ3n) is 2.32. The van der Waals surface area contributed by atoms with Crippen molar-refractivity contribution < 1.29 is 19.1 Å². The Morgan fingerprint density at radius 2 is 1.85 bits per heavy atom. The summed E-state index contributed by atoms with van der Waals surface area (Å²) in [7, 11) is 4.33. The van der Waals surface area contributed by atoms with Gasteiger partial charge in [0.1, 0.15) is 0 Å². The number of hydrogen-bond acceptors (Lipinski definition) is 5. The number of nitrogens with two attached hydrogens (primary N) is 2. The van der Waals surface area contributed by atoms with Crippen LogP contribution < -0.4 is 25.7 Å². The summed E-state index contributed by atoms with van der Waals surface area (Å²) >= 11 is 6.14. The minimum atomic E-state index is -0.496. The van der Waals surface area contributed by atoms with Crippen LogP contribution in [0.4, 0.5) is 0 Å². The van der Waals surface area contributed by atoms with Crippen molar-refractivity contribution in [3.63, 3.8) is 0 Å². The Kier molecular flexibility index (Phi) is 5.27. The minimum absolute atomic E-state index is 0.0551. The molecule has 1 aromatic rings. The van der Waals surface area contributed by atoms with E-state index >= 15 is 0 Å². The highest BCUT2D eigenvalue weighted by Gasteiger charge is 2.18. The van der Waals surface area contributed by atoms with E-state index < -0.39 is 5.96 Å². The van der Waals surface area contributed by atoms with E-state index in [-0.39, 0.29) is 15.6 Å². The molecule has 9 heteroatoms. The SMILES string of the molecule is COc1cc(C=N[N+]([O-])=C(N)N)c(Cl)c(OC)c1OC. The van der Waals surface area contributed by atoms with Gasteiger partial charge in [0.05, 0.1) is 32.6 Å². The molecule has 0 heterocycles. The quantitative estimate of drug-likeness (QED) is 0.268. The van der Waals surface area contributed by atoms with Crippen LogP contribution in [0.15, 0.2) is 11.2 Å². The standard InChI is InChI=1S/C11H15ClN4O4/c1-18-7-4-6(5-15-16(17)11(13)14)8(12)10(20-3)9(7)19-2/h4-5H,13-14H2,1-3H3. The smallest absolute Gasteiger partial charge is 0.366 e. The van der Waals surface area contributed by atoms with Gasteiger partial charge in [0.25, 0.3) is 0 Å². The fourth-order valence-electron chi connectivity index (χ4n) is 1.42. The molecule has 1 aromatic carbocycles. The normalized spacial score (nSPS) is 10.4. The second-order valence-electron chi connectivity index (χ2n) is 3.49. The van der Waals surface area contributed by atoms with Crippen molar-refractivity contribution in [2.24, 2.45) is 16.6 Å². The second kappa shape index (κ2) is 6.71. The molecule has 0 aliphatic rings. The van der Waals surface area contributed by atoms with Crippen molar-refractivity contribution in [1.29, 1.82) is 0 Å². The number of hydrazone groups is 1. The molecule has 1 rings (SSSR count). The van der Waals surface area contributed by atoms with Gasteiger partial charge in [0, 0.05) is 5.56 Å². The second-order valence-corrected chi connectivity index (χ2v) is 3.87. The van der Waals surface area contributed by atoms with Crippen molar-refractivity contribution in [3.8, 4) is 17.2 Å². The Bertz CT molecular complexity index is 556. The monoisotopic (exact) mass is 302 g/mol. The number of hydrogen-bond donors (Lipinski definition) is 2. The molecule has 8 nitrogen and oxygen atoms in total. The minimum Gasteiger partial charge on any atom is -0.722 e. The zero-order valence-electron chi connectivity index (χ0n) is 11.2. The molecular formula is C11H15ClN4O4. The molecule has 0 bridgehead atoms. The van der Waals surface area contributed by atoms with Crippen LogP contribution in [-0.4, -0.2) is 38.4 Å². The number of halogens is 1. The molecular weight excluding hydrogens is 288 g/mol. The third kappa shape index (κ3) is 3.15. The van der Waals surface area contributed by atoms with Gasteiger partial charge in [-0.2, -0.15) is 0 Å². The molecule has 0 fully saturated rings. The first-order chi connectivity index (χ1) is 9.46. The molecule has 0 amide bonds. The van der Waals surface area contributed by atoms with Gasteiger partial charge in [-0.15, -0.1) is 9.95 Å². The molecule has 0 saturated carbocycles. The lowest BCUT2D eigenvalue weighted by molar-refractivity contribution is -0.463. The summed E-state index contributed by atoms with van der Waals surface area (Å²) in [5, 5.41) is 14.9. The van der Waals surface area contributed by atoms with Crippen LogP contribution in [-0.2, 0) is 0 Å². The Morgan fingerprint density at radius 1 is 1.25 bits per heavy atom. The van der Waals surface area contributed by atoms with Gasteiger partial charge in [-0.3, -0.25) is 11.5 Å². The molecule has 0 aromatic heterocycles. The van der Waals surface area contributed by atoms with Gasteiger partial charge >= 0.3 is 5.96 Å². The van der Waals surface area contributed by atoms with Gasteiger partial charge < -0.3 is 19.4 Å². The lowest BCUT2D eigenvalue weighted by Gasteiger charge is -2.15. The van der Waals surface area contributed by atoms with Gasteiger partial charge in [-0.05, 0) is 6.07 Å². The van der Waals surface area contributed by atoms with E-state index in [9.17, 15) is 5.21 Å². The highest BCUT2D eigenvalue weighted by Crippen LogP contribution is 2.44. The van der Waals surface area contributed by atoms with Crippen LogP contribution >= 0.6 is 11.6 Å². The highest BCUT2D eigenvalue weighted by molar-refractivity contribution is 6.35. The van der Waals surface area contributed by atoms with Gasteiger partial charge in [0.2, 0.25) is 5.75 Å². The van der Waals surface area contributed by atoms with Crippen molar-refractivity contribution >= 4 is 23.8 Å². The Morgan fingerprint density at radius 3 is 2.30 bits per heavy atom.